The first-order chi connectivity index (χ1) is 12.3. The van der Waals surface area contributed by atoms with Crippen molar-refractivity contribution < 1.29 is 14.7 Å². The summed E-state index contributed by atoms with van der Waals surface area (Å²) < 4.78 is 0. The van der Waals surface area contributed by atoms with Crippen LogP contribution in [0.1, 0.15) is 40.4 Å². The molecule has 136 valence electrons. The molecule has 1 aliphatic rings. The van der Waals surface area contributed by atoms with Crippen molar-refractivity contribution in [1.29, 1.82) is 0 Å². The zero-order valence-corrected chi connectivity index (χ0v) is 15.6. The fourth-order valence-electron chi connectivity index (χ4n) is 3.40. The Kier molecular flexibility index (Phi) is 4.72. The van der Waals surface area contributed by atoms with Crippen molar-refractivity contribution >= 4 is 23.4 Å². The maximum absolute atomic E-state index is 13.2. The molecule has 2 aromatic rings. The number of amides is 2. The average Bonchev–Trinajstić information content (AvgIpc) is 2.61. The van der Waals surface area contributed by atoms with Gasteiger partial charge >= 0.3 is 6.09 Å². The molecule has 1 atom stereocenters. The molecule has 26 heavy (non-hydrogen) atoms. The Hall–Kier alpha value is -2.82. The van der Waals surface area contributed by atoms with E-state index in [1.807, 2.05) is 64.1 Å². The van der Waals surface area contributed by atoms with Gasteiger partial charge in [-0.2, -0.15) is 0 Å². The first-order valence-electron chi connectivity index (χ1n) is 8.85. The molecule has 0 fully saturated rings. The zero-order chi connectivity index (χ0) is 19.0. The molecular formula is C21H24N2O3. The van der Waals surface area contributed by atoms with Crippen LogP contribution in [0.3, 0.4) is 0 Å². The lowest BCUT2D eigenvalue weighted by atomic mass is 9.99. The van der Waals surface area contributed by atoms with Crippen LogP contribution in [-0.2, 0) is 0 Å². The number of benzene rings is 2. The summed E-state index contributed by atoms with van der Waals surface area (Å²) in [5.74, 6) is -0.0991. The van der Waals surface area contributed by atoms with E-state index in [-0.39, 0.29) is 11.9 Å². The van der Waals surface area contributed by atoms with Gasteiger partial charge in [0.2, 0.25) is 0 Å². The first-order valence-corrected chi connectivity index (χ1v) is 8.85. The van der Waals surface area contributed by atoms with Gasteiger partial charge in [0.05, 0.1) is 17.4 Å². The highest BCUT2D eigenvalue weighted by atomic mass is 16.4. The Balaban J connectivity index is 2.13. The molecule has 1 heterocycles. The van der Waals surface area contributed by atoms with E-state index in [0.29, 0.717) is 29.9 Å². The van der Waals surface area contributed by atoms with Gasteiger partial charge in [-0.15, -0.1) is 0 Å². The summed E-state index contributed by atoms with van der Waals surface area (Å²) in [7, 11) is 0. The Morgan fingerprint density at radius 3 is 2.15 bits per heavy atom. The van der Waals surface area contributed by atoms with Crippen molar-refractivity contribution in [2.24, 2.45) is 0 Å². The molecule has 2 amide bonds. The van der Waals surface area contributed by atoms with Gasteiger partial charge in [-0.1, -0.05) is 24.6 Å². The van der Waals surface area contributed by atoms with Gasteiger partial charge in [-0.3, -0.25) is 9.69 Å². The van der Waals surface area contributed by atoms with Gasteiger partial charge in [-0.05, 0) is 62.6 Å². The van der Waals surface area contributed by atoms with Crippen molar-refractivity contribution in [3.8, 4) is 0 Å². The number of carbonyl (C=O) groups is 2. The molecule has 0 bridgehead atoms. The van der Waals surface area contributed by atoms with Gasteiger partial charge < -0.3 is 10.0 Å². The summed E-state index contributed by atoms with van der Waals surface area (Å²) in [6.07, 6.45) is -0.347. The van der Waals surface area contributed by atoms with Crippen molar-refractivity contribution in [3.05, 3.63) is 58.7 Å². The predicted octanol–water partition coefficient (Wildman–Crippen LogP) is 4.54. The smallest absolute Gasteiger partial charge is 0.412 e. The van der Waals surface area contributed by atoms with Gasteiger partial charge in [0.25, 0.3) is 5.91 Å². The van der Waals surface area contributed by atoms with Crippen LogP contribution in [0.2, 0.25) is 0 Å². The van der Waals surface area contributed by atoms with Crippen LogP contribution in [0.4, 0.5) is 16.2 Å². The maximum atomic E-state index is 13.2. The minimum Gasteiger partial charge on any atom is -0.465 e. The van der Waals surface area contributed by atoms with E-state index >= 15 is 0 Å². The van der Waals surface area contributed by atoms with Crippen molar-refractivity contribution in [3.63, 3.8) is 0 Å². The standard InChI is InChI=1S/C21H24N2O3/c1-5-17-12-22(20(24)16-8-6-13(2)7-9-16)18-10-14(3)15(4)11-19(18)23(17)21(25)26/h6-11,17H,5,12H2,1-4H3,(H,25,26). The fourth-order valence-corrected chi connectivity index (χ4v) is 3.40. The summed E-state index contributed by atoms with van der Waals surface area (Å²) in [4.78, 5) is 28.2. The molecule has 0 saturated carbocycles. The number of anilines is 2. The molecule has 0 spiro atoms. The van der Waals surface area contributed by atoms with E-state index < -0.39 is 6.09 Å². The second-order valence-corrected chi connectivity index (χ2v) is 6.92. The van der Waals surface area contributed by atoms with Crippen molar-refractivity contribution in [2.45, 2.75) is 40.2 Å². The quantitative estimate of drug-likeness (QED) is 0.863. The van der Waals surface area contributed by atoms with Crippen LogP contribution in [-0.4, -0.2) is 29.7 Å². The molecule has 0 aromatic heterocycles. The van der Waals surface area contributed by atoms with Gasteiger partial charge in [0, 0.05) is 12.1 Å². The Labute approximate surface area is 153 Å². The van der Waals surface area contributed by atoms with Crippen LogP contribution in [0.5, 0.6) is 0 Å². The van der Waals surface area contributed by atoms with Crippen LogP contribution < -0.4 is 9.80 Å². The van der Waals surface area contributed by atoms with E-state index in [1.165, 1.54) is 4.90 Å². The summed E-state index contributed by atoms with van der Waals surface area (Å²) in [6, 6.07) is 11.0. The SMILES string of the molecule is CCC1CN(C(=O)c2ccc(C)cc2)c2cc(C)c(C)cc2N1C(=O)O. The number of hydrogen-bond acceptors (Lipinski definition) is 2. The van der Waals surface area contributed by atoms with E-state index in [2.05, 4.69) is 0 Å². The molecule has 3 rings (SSSR count). The number of rotatable bonds is 2. The molecule has 1 aliphatic heterocycles. The largest absolute Gasteiger partial charge is 0.465 e. The summed E-state index contributed by atoms with van der Waals surface area (Å²) in [5, 5.41) is 9.74. The summed E-state index contributed by atoms with van der Waals surface area (Å²) in [5.41, 5.74) is 4.99. The minimum atomic E-state index is -0.983. The molecule has 1 N–H and O–H groups in total. The Morgan fingerprint density at radius 1 is 1.04 bits per heavy atom. The molecule has 5 nitrogen and oxygen atoms in total. The molecule has 0 saturated heterocycles. The van der Waals surface area contributed by atoms with Crippen molar-refractivity contribution in [2.75, 3.05) is 16.3 Å². The lowest BCUT2D eigenvalue weighted by Crippen LogP contribution is -2.52. The highest BCUT2D eigenvalue weighted by Crippen LogP contribution is 2.39. The second kappa shape index (κ2) is 6.83. The highest BCUT2D eigenvalue weighted by molar-refractivity contribution is 6.10. The normalized spacial score (nSPS) is 16.4. The molecule has 2 aromatic carbocycles. The van der Waals surface area contributed by atoms with Crippen molar-refractivity contribution in [1.82, 2.24) is 0 Å². The molecular weight excluding hydrogens is 328 g/mol. The van der Waals surface area contributed by atoms with Crippen LogP contribution in [0.25, 0.3) is 0 Å². The molecule has 0 aliphatic carbocycles. The van der Waals surface area contributed by atoms with Gasteiger partial charge in [0.1, 0.15) is 0 Å². The first kappa shape index (κ1) is 18.0. The zero-order valence-electron chi connectivity index (χ0n) is 15.6. The van der Waals surface area contributed by atoms with E-state index in [0.717, 1.165) is 16.7 Å². The number of carboxylic acid groups (broad SMARTS) is 1. The Bertz CT molecular complexity index is 858. The van der Waals surface area contributed by atoms with Gasteiger partial charge in [0.15, 0.2) is 0 Å². The van der Waals surface area contributed by atoms with E-state index in [9.17, 15) is 14.7 Å². The van der Waals surface area contributed by atoms with E-state index in [4.69, 9.17) is 0 Å². The van der Waals surface area contributed by atoms with Crippen LogP contribution in [0, 0.1) is 20.8 Å². The summed E-state index contributed by atoms with van der Waals surface area (Å²) >= 11 is 0. The molecule has 0 radical (unpaired) electrons. The number of aryl methyl sites for hydroxylation is 3. The fraction of sp³-hybridized carbons (Fsp3) is 0.333. The van der Waals surface area contributed by atoms with Gasteiger partial charge in [-0.25, -0.2) is 4.79 Å². The van der Waals surface area contributed by atoms with Crippen LogP contribution in [0.15, 0.2) is 36.4 Å². The summed E-state index contributed by atoms with van der Waals surface area (Å²) in [6.45, 7) is 8.21. The number of carbonyl (C=O) groups excluding carboxylic acids is 1. The Morgan fingerprint density at radius 2 is 1.62 bits per heavy atom. The third-order valence-corrected chi connectivity index (χ3v) is 5.12. The topological polar surface area (TPSA) is 60.9 Å². The number of fused-ring (bicyclic) bond motifs is 1. The highest BCUT2D eigenvalue weighted by Gasteiger charge is 2.36. The third-order valence-electron chi connectivity index (χ3n) is 5.12. The average molecular weight is 352 g/mol. The van der Waals surface area contributed by atoms with Crippen LogP contribution >= 0.6 is 0 Å². The number of hydrogen-bond donors (Lipinski definition) is 1. The third kappa shape index (κ3) is 3.05. The second-order valence-electron chi connectivity index (χ2n) is 6.92. The molecule has 1 unspecified atom stereocenters. The predicted molar refractivity (Wildman–Crippen MR) is 103 cm³/mol. The van der Waals surface area contributed by atoms with E-state index in [1.54, 1.807) is 4.90 Å². The number of nitrogens with zero attached hydrogens (tertiary/aromatic N) is 2. The molecule has 5 heteroatoms. The lowest BCUT2D eigenvalue weighted by molar-refractivity contribution is 0.0982. The lowest BCUT2D eigenvalue weighted by Gasteiger charge is -2.41. The monoisotopic (exact) mass is 352 g/mol. The maximum Gasteiger partial charge on any atom is 0.412 e. The minimum absolute atomic E-state index is 0.0991.